The Kier molecular flexibility index (Phi) is 3.92. The molecule has 56 valence electrons. The predicted molar refractivity (Wildman–Crippen MR) is 43.5 cm³/mol. The van der Waals surface area contributed by atoms with E-state index in [1.54, 1.807) is 19.3 Å². The third-order valence-corrected chi connectivity index (χ3v) is 2.22. The molecule has 0 N–H and O–H groups in total. The Bertz CT molecular complexity index is 58.4. The van der Waals surface area contributed by atoms with Crippen LogP contribution in [0.4, 0.5) is 0 Å². The van der Waals surface area contributed by atoms with Gasteiger partial charge in [-0.05, 0) is 18.3 Å². The first kappa shape index (κ1) is 9.00. The standard InChI is InChI=1S/C6H10.C2H6.CH4/c1-2-5-4-6(5)3-1;1-2;/h5-6H,1-4H2;1-2H3;1H4. The molecule has 2 unspecified atom stereocenters. The van der Waals surface area contributed by atoms with E-state index in [4.69, 9.17) is 0 Å². The Morgan fingerprint density at radius 3 is 1.56 bits per heavy atom. The Balaban J connectivity index is 0.000000198. The lowest BCUT2D eigenvalue weighted by atomic mass is 10.3. The van der Waals surface area contributed by atoms with E-state index in [2.05, 4.69) is 0 Å². The first-order valence-electron chi connectivity index (χ1n) is 3.97. The Morgan fingerprint density at radius 1 is 1.00 bits per heavy atom. The van der Waals surface area contributed by atoms with Gasteiger partial charge in [0, 0.05) is 0 Å². The fourth-order valence-electron chi connectivity index (χ4n) is 1.66. The van der Waals surface area contributed by atoms with Gasteiger partial charge in [-0.15, -0.1) is 0 Å². The van der Waals surface area contributed by atoms with Crippen LogP contribution in [-0.4, -0.2) is 0 Å². The van der Waals surface area contributed by atoms with Crippen LogP contribution in [0.2, 0.25) is 0 Å². The van der Waals surface area contributed by atoms with Gasteiger partial charge in [0.25, 0.3) is 0 Å². The summed E-state index contributed by atoms with van der Waals surface area (Å²) in [6.07, 6.45) is 6.24. The van der Waals surface area contributed by atoms with Crippen molar-refractivity contribution >= 4 is 0 Å². The van der Waals surface area contributed by atoms with Crippen LogP contribution in [0.5, 0.6) is 0 Å². The molecule has 0 heterocycles. The van der Waals surface area contributed by atoms with Gasteiger partial charge in [-0.2, -0.15) is 0 Å². The highest BCUT2D eigenvalue weighted by molar-refractivity contribution is 4.91. The predicted octanol–water partition coefficient (Wildman–Crippen LogP) is 3.47. The van der Waals surface area contributed by atoms with Crippen LogP contribution in [0.1, 0.15) is 47.0 Å². The number of fused-ring (bicyclic) bond motifs is 1. The third kappa shape index (κ3) is 2.00. The summed E-state index contributed by atoms with van der Waals surface area (Å²) < 4.78 is 0. The van der Waals surface area contributed by atoms with E-state index >= 15 is 0 Å². The van der Waals surface area contributed by atoms with Gasteiger partial charge < -0.3 is 0 Å². The van der Waals surface area contributed by atoms with Crippen LogP contribution in [0.3, 0.4) is 0 Å². The summed E-state index contributed by atoms with van der Waals surface area (Å²) in [5.74, 6) is 2.43. The molecule has 0 nitrogen and oxygen atoms in total. The van der Waals surface area contributed by atoms with Crippen molar-refractivity contribution in [3.05, 3.63) is 0 Å². The van der Waals surface area contributed by atoms with Crippen LogP contribution < -0.4 is 0 Å². The van der Waals surface area contributed by atoms with Crippen LogP contribution in [0.25, 0.3) is 0 Å². The Hall–Kier alpha value is 0. The van der Waals surface area contributed by atoms with Gasteiger partial charge in [0.2, 0.25) is 0 Å². The van der Waals surface area contributed by atoms with Crippen molar-refractivity contribution in [2.45, 2.75) is 47.0 Å². The zero-order valence-electron chi connectivity index (χ0n) is 5.98. The highest BCUT2D eigenvalue weighted by atomic mass is 14.5. The second-order valence-corrected chi connectivity index (χ2v) is 2.69. The molecule has 2 fully saturated rings. The second kappa shape index (κ2) is 3.92. The summed E-state index contributed by atoms with van der Waals surface area (Å²) in [7, 11) is 0. The van der Waals surface area contributed by atoms with Crippen LogP contribution in [-0.2, 0) is 0 Å². The fraction of sp³-hybridized carbons (Fsp3) is 1.00. The smallest absolute Gasteiger partial charge is 0.0383 e. The van der Waals surface area contributed by atoms with Crippen molar-refractivity contribution in [2.75, 3.05) is 0 Å². The highest BCUT2D eigenvalue weighted by Gasteiger charge is 2.40. The van der Waals surface area contributed by atoms with E-state index in [0.29, 0.717) is 0 Å². The van der Waals surface area contributed by atoms with E-state index in [9.17, 15) is 0 Å². The zero-order valence-corrected chi connectivity index (χ0v) is 5.98. The quantitative estimate of drug-likeness (QED) is 0.468. The zero-order chi connectivity index (χ0) is 5.98. The minimum absolute atomic E-state index is 0. The van der Waals surface area contributed by atoms with Gasteiger partial charge in [0.05, 0.1) is 0 Å². The molecule has 0 bridgehead atoms. The molecule has 2 atom stereocenters. The lowest BCUT2D eigenvalue weighted by Gasteiger charge is -1.80. The Morgan fingerprint density at radius 2 is 1.44 bits per heavy atom. The van der Waals surface area contributed by atoms with Gasteiger partial charge in [-0.1, -0.05) is 40.5 Å². The molecular formula is C9H20. The normalized spacial score (nSPS) is 35.3. The minimum Gasteiger partial charge on any atom is -0.0776 e. The summed E-state index contributed by atoms with van der Waals surface area (Å²) in [6.45, 7) is 4.00. The second-order valence-electron chi connectivity index (χ2n) is 2.69. The number of hydrogen-bond acceptors (Lipinski definition) is 0. The van der Waals surface area contributed by atoms with Crippen molar-refractivity contribution < 1.29 is 0 Å². The van der Waals surface area contributed by atoms with E-state index < -0.39 is 0 Å². The lowest BCUT2D eigenvalue weighted by Crippen LogP contribution is -1.64. The SMILES string of the molecule is C.C1CC2CC2C1.CC. The molecule has 0 aliphatic heterocycles. The molecule has 0 aromatic rings. The molecule has 0 saturated heterocycles. The first-order chi connectivity index (χ1) is 3.97. The van der Waals surface area contributed by atoms with Gasteiger partial charge in [-0.3, -0.25) is 0 Å². The summed E-state index contributed by atoms with van der Waals surface area (Å²) >= 11 is 0. The van der Waals surface area contributed by atoms with Crippen molar-refractivity contribution in [3.63, 3.8) is 0 Å². The topological polar surface area (TPSA) is 0 Å². The van der Waals surface area contributed by atoms with Crippen molar-refractivity contribution in [1.82, 2.24) is 0 Å². The monoisotopic (exact) mass is 128 g/mol. The molecular weight excluding hydrogens is 108 g/mol. The van der Waals surface area contributed by atoms with Crippen LogP contribution in [0.15, 0.2) is 0 Å². The average Bonchev–Trinajstić information content (AvgIpc) is 2.46. The molecule has 0 amide bonds. The minimum atomic E-state index is 0. The lowest BCUT2D eigenvalue weighted by molar-refractivity contribution is 0.735. The number of hydrogen-bond donors (Lipinski definition) is 0. The summed E-state index contributed by atoms with van der Waals surface area (Å²) in [4.78, 5) is 0. The first-order valence-corrected chi connectivity index (χ1v) is 3.97. The molecule has 0 aromatic carbocycles. The van der Waals surface area contributed by atoms with E-state index in [0.717, 1.165) is 0 Å². The van der Waals surface area contributed by atoms with Crippen molar-refractivity contribution in [3.8, 4) is 0 Å². The van der Waals surface area contributed by atoms with Crippen molar-refractivity contribution in [2.24, 2.45) is 11.8 Å². The fourth-order valence-corrected chi connectivity index (χ4v) is 1.66. The molecule has 9 heavy (non-hydrogen) atoms. The maximum Gasteiger partial charge on any atom is -0.0383 e. The Labute approximate surface area is 59.7 Å². The molecule has 2 aliphatic rings. The van der Waals surface area contributed by atoms with Gasteiger partial charge in [-0.25, -0.2) is 0 Å². The molecule has 0 aromatic heterocycles. The van der Waals surface area contributed by atoms with Gasteiger partial charge >= 0.3 is 0 Å². The summed E-state index contributed by atoms with van der Waals surface area (Å²) in [6, 6.07) is 0. The summed E-state index contributed by atoms with van der Waals surface area (Å²) in [5, 5.41) is 0. The molecule has 2 saturated carbocycles. The summed E-state index contributed by atoms with van der Waals surface area (Å²) in [5.41, 5.74) is 0. The molecule has 0 heteroatoms. The van der Waals surface area contributed by atoms with Gasteiger partial charge in [0.1, 0.15) is 0 Å². The van der Waals surface area contributed by atoms with Crippen molar-refractivity contribution in [1.29, 1.82) is 0 Å². The molecule has 2 rings (SSSR count). The van der Waals surface area contributed by atoms with Gasteiger partial charge in [0.15, 0.2) is 0 Å². The van der Waals surface area contributed by atoms with E-state index in [1.807, 2.05) is 13.8 Å². The average molecular weight is 128 g/mol. The molecule has 0 radical (unpaired) electrons. The molecule has 0 spiro atoms. The maximum atomic E-state index is 2.00. The largest absolute Gasteiger partial charge is 0.0776 e. The van der Waals surface area contributed by atoms with Crippen LogP contribution in [0, 0.1) is 11.8 Å². The molecule has 2 aliphatic carbocycles. The van der Waals surface area contributed by atoms with Crippen LogP contribution >= 0.6 is 0 Å². The number of rotatable bonds is 0. The van der Waals surface area contributed by atoms with E-state index in [-0.39, 0.29) is 7.43 Å². The maximum absolute atomic E-state index is 2.00. The third-order valence-electron chi connectivity index (χ3n) is 2.22. The van der Waals surface area contributed by atoms with E-state index in [1.165, 1.54) is 18.3 Å². The highest BCUT2D eigenvalue weighted by Crippen LogP contribution is 2.51.